The second-order valence-electron chi connectivity index (χ2n) is 6.69. The molecular weight excluding hydrogens is 364 g/mol. The molecule has 1 atom stereocenters. The first kappa shape index (κ1) is 18.6. The van der Waals surface area contributed by atoms with Crippen molar-refractivity contribution in [3.8, 4) is 0 Å². The topological polar surface area (TPSA) is 74.7 Å². The highest BCUT2D eigenvalue weighted by molar-refractivity contribution is 6.33. The molecule has 4 rings (SSSR count). The fourth-order valence-corrected chi connectivity index (χ4v) is 3.27. The number of benzene rings is 2. The monoisotopic (exact) mass is 384 g/mol. The number of anilines is 2. The Morgan fingerprint density at radius 1 is 1.07 bits per heavy atom. The number of hydrazone groups is 1. The van der Waals surface area contributed by atoms with E-state index in [1.165, 1.54) is 5.01 Å². The third-order valence-electron chi connectivity index (χ3n) is 4.76. The zero-order chi connectivity index (χ0) is 20.2. The molecule has 2 heterocycles. The van der Waals surface area contributed by atoms with Crippen molar-refractivity contribution in [2.45, 2.75) is 13.3 Å². The molecule has 1 aromatic heterocycles. The highest BCUT2D eigenvalue weighted by atomic mass is 16.2. The number of carbonyl (C=O) groups excluding carboxylic acids is 2. The summed E-state index contributed by atoms with van der Waals surface area (Å²) in [6.45, 7) is 2.05. The highest BCUT2D eigenvalue weighted by Crippen LogP contribution is 2.27. The van der Waals surface area contributed by atoms with Crippen LogP contribution in [0.5, 0.6) is 0 Å². The van der Waals surface area contributed by atoms with Crippen LogP contribution in [0, 0.1) is 5.92 Å². The van der Waals surface area contributed by atoms with Gasteiger partial charge in [0.15, 0.2) is 5.92 Å². The lowest BCUT2D eigenvalue weighted by Gasteiger charge is -2.15. The average molecular weight is 384 g/mol. The van der Waals surface area contributed by atoms with Gasteiger partial charge >= 0.3 is 0 Å². The third-order valence-corrected chi connectivity index (χ3v) is 4.76. The van der Waals surface area contributed by atoms with Gasteiger partial charge in [0, 0.05) is 23.6 Å². The van der Waals surface area contributed by atoms with E-state index >= 15 is 0 Å². The zero-order valence-corrected chi connectivity index (χ0v) is 15.9. The van der Waals surface area contributed by atoms with E-state index in [0.717, 1.165) is 12.0 Å². The lowest BCUT2D eigenvalue weighted by molar-refractivity contribution is -0.127. The second kappa shape index (κ2) is 8.06. The van der Waals surface area contributed by atoms with E-state index in [1.807, 2.05) is 49.4 Å². The quantitative estimate of drug-likeness (QED) is 0.683. The number of aryl methyl sites for hydroxylation is 1. The Morgan fingerprint density at radius 2 is 1.90 bits per heavy atom. The number of carbonyl (C=O) groups is 2. The first-order chi connectivity index (χ1) is 14.2. The minimum absolute atomic E-state index is 0.385. The van der Waals surface area contributed by atoms with Crippen molar-refractivity contribution in [3.63, 3.8) is 0 Å². The standard InChI is InChI=1S/C23H20N4O2/c1-2-16-8-6-10-18(14-16)25-22(28)20-21(17-9-7-13-24-15-17)26-27(23(20)29)19-11-4-3-5-12-19/h3-15,20H,2H2,1H3,(H,25,28). The van der Waals surface area contributed by atoms with Crippen LogP contribution in [0.4, 0.5) is 11.4 Å². The fraction of sp³-hybridized carbons (Fsp3) is 0.130. The number of hydrogen-bond donors (Lipinski definition) is 1. The molecule has 2 amide bonds. The smallest absolute Gasteiger partial charge is 0.266 e. The van der Waals surface area contributed by atoms with E-state index < -0.39 is 11.8 Å². The number of nitrogens with one attached hydrogen (secondary N) is 1. The first-order valence-electron chi connectivity index (χ1n) is 9.45. The summed E-state index contributed by atoms with van der Waals surface area (Å²) < 4.78 is 0. The molecular formula is C23H20N4O2. The molecule has 1 unspecified atom stereocenters. The molecule has 1 aliphatic heterocycles. The summed E-state index contributed by atoms with van der Waals surface area (Å²) in [7, 11) is 0. The van der Waals surface area contributed by atoms with E-state index in [4.69, 9.17) is 0 Å². The molecule has 6 heteroatoms. The Bertz CT molecular complexity index is 1060. The number of aromatic nitrogens is 1. The molecule has 29 heavy (non-hydrogen) atoms. The van der Waals surface area contributed by atoms with Crippen molar-refractivity contribution in [2.75, 3.05) is 10.3 Å². The number of pyridine rings is 1. The average Bonchev–Trinajstić information content (AvgIpc) is 3.12. The second-order valence-corrected chi connectivity index (χ2v) is 6.69. The Labute approximate surface area is 168 Å². The Balaban J connectivity index is 1.69. The van der Waals surface area contributed by atoms with Gasteiger partial charge in [-0.1, -0.05) is 37.3 Å². The summed E-state index contributed by atoms with van der Waals surface area (Å²) in [5.41, 5.74) is 3.40. The van der Waals surface area contributed by atoms with Crippen molar-refractivity contribution in [2.24, 2.45) is 11.0 Å². The number of hydrogen-bond acceptors (Lipinski definition) is 4. The van der Waals surface area contributed by atoms with Crippen LogP contribution in [0.1, 0.15) is 18.1 Å². The summed E-state index contributed by atoms with van der Waals surface area (Å²) in [6, 6.07) is 20.2. The Hall–Kier alpha value is -3.80. The van der Waals surface area contributed by atoms with Crippen molar-refractivity contribution in [1.29, 1.82) is 0 Å². The minimum atomic E-state index is -1.05. The van der Waals surface area contributed by atoms with Gasteiger partial charge in [-0.2, -0.15) is 10.1 Å². The van der Waals surface area contributed by atoms with Crippen LogP contribution < -0.4 is 10.3 Å². The number of amides is 2. The van der Waals surface area contributed by atoms with Crippen LogP contribution in [0.3, 0.4) is 0 Å². The minimum Gasteiger partial charge on any atom is -0.325 e. The zero-order valence-electron chi connectivity index (χ0n) is 15.9. The lowest BCUT2D eigenvalue weighted by Crippen LogP contribution is -2.37. The van der Waals surface area contributed by atoms with Gasteiger partial charge in [0.1, 0.15) is 0 Å². The van der Waals surface area contributed by atoms with Gasteiger partial charge in [-0.3, -0.25) is 14.6 Å². The van der Waals surface area contributed by atoms with Crippen LogP contribution in [0.15, 0.2) is 84.2 Å². The molecule has 1 N–H and O–H groups in total. The number of rotatable bonds is 5. The van der Waals surface area contributed by atoms with Gasteiger partial charge in [-0.25, -0.2) is 0 Å². The summed E-state index contributed by atoms with van der Waals surface area (Å²) >= 11 is 0. The van der Waals surface area contributed by atoms with E-state index in [2.05, 4.69) is 15.4 Å². The third kappa shape index (κ3) is 3.78. The van der Waals surface area contributed by atoms with E-state index in [-0.39, 0.29) is 5.91 Å². The predicted molar refractivity (Wildman–Crippen MR) is 113 cm³/mol. The van der Waals surface area contributed by atoms with Crippen molar-refractivity contribution in [1.82, 2.24) is 4.98 Å². The van der Waals surface area contributed by atoms with Crippen LogP contribution >= 0.6 is 0 Å². The van der Waals surface area contributed by atoms with Crippen molar-refractivity contribution in [3.05, 3.63) is 90.3 Å². The van der Waals surface area contributed by atoms with Crippen molar-refractivity contribution < 1.29 is 9.59 Å². The van der Waals surface area contributed by atoms with Crippen LogP contribution in [0.25, 0.3) is 0 Å². The molecule has 0 aliphatic carbocycles. The van der Waals surface area contributed by atoms with Gasteiger partial charge in [-0.15, -0.1) is 0 Å². The molecule has 1 aliphatic rings. The normalized spacial score (nSPS) is 15.9. The van der Waals surface area contributed by atoms with Crippen LogP contribution in [-0.4, -0.2) is 22.5 Å². The van der Waals surface area contributed by atoms with Gasteiger partial charge < -0.3 is 5.32 Å². The van der Waals surface area contributed by atoms with Gasteiger partial charge in [0.05, 0.1) is 11.4 Å². The lowest BCUT2D eigenvalue weighted by atomic mass is 9.96. The van der Waals surface area contributed by atoms with Crippen LogP contribution in [-0.2, 0) is 16.0 Å². The largest absolute Gasteiger partial charge is 0.325 e. The van der Waals surface area contributed by atoms with E-state index in [1.54, 1.807) is 36.7 Å². The first-order valence-corrected chi connectivity index (χ1v) is 9.45. The molecule has 0 fully saturated rings. The molecule has 0 saturated carbocycles. The highest BCUT2D eigenvalue weighted by Gasteiger charge is 2.42. The Kier molecular flexibility index (Phi) is 5.16. The van der Waals surface area contributed by atoms with Gasteiger partial charge in [0.2, 0.25) is 5.91 Å². The van der Waals surface area contributed by atoms with Crippen molar-refractivity contribution >= 4 is 28.9 Å². The van der Waals surface area contributed by atoms with E-state index in [0.29, 0.717) is 22.6 Å². The van der Waals surface area contributed by atoms with Gasteiger partial charge in [-0.05, 0) is 48.4 Å². The van der Waals surface area contributed by atoms with E-state index in [9.17, 15) is 9.59 Å². The molecule has 6 nitrogen and oxygen atoms in total. The molecule has 0 spiro atoms. The number of nitrogens with zero attached hydrogens (tertiary/aromatic N) is 3. The summed E-state index contributed by atoms with van der Waals surface area (Å²) in [5, 5.41) is 8.65. The summed E-state index contributed by atoms with van der Waals surface area (Å²) in [6.07, 6.45) is 4.11. The fourth-order valence-electron chi connectivity index (χ4n) is 3.27. The molecule has 0 saturated heterocycles. The molecule has 0 bridgehead atoms. The molecule has 144 valence electrons. The molecule has 3 aromatic rings. The maximum absolute atomic E-state index is 13.2. The summed E-state index contributed by atoms with van der Waals surface area (Å²) in [4.78, 5) is 30.4. The van der Waals surface area contributed by atoms with Crippen LogP contribution in [0.2, 0.25) is 0 Å². The van der Waals surface area contributed by atoms with Gasteiger partial charge in [0.25, 0.3) is 5.91 Å². The molecule has 0 radical (unpaired) electrons. The predicted octanol–water partition coefficient (Wildman–Crippen LogP) is 3.65. The Morgan fingerprint density at radius 3 is 2.62 bits per heavy atom. The maximum atomic E-state index is 13.2. The SMILES string of the molecule is CCc1cccc(NC(=O)C2C(=O)N(c3ccccc3)N=C2c2cccnc2)c1. The summed E-state index contributed by atoms with van der Waals surface area (Å²) in [5.74, 6) is -1.85. The maximum Gasteiger partial charge on any atom is 0.266 e. The number of para-hydroxylation sites is 1. The molecule has 2 aromatic carbocycles.